The van der Waals surface area contributed by atoms with Crippen LogP contribution >= 0.6 is 0 Å². The Bertz CT molecular complexity index is 793. The molecule has 0 saturated heterocycles. The molecule has 0 aliphatic carbocycles. The van der Waals surface area contributed by atoms with Crippen molar-refractivity contribution < 1.29 is 9.90 Å². The van der Waals surface area contributed by atoms with Gasteiger partial charge in [0.2, 0.25) is 0 Å². The topological polar surface area (TPSA) is 68.0 Å². The molecule has 0 saturated carbocycles. The summed E-state index contributed by atoms with van der Waals surface area (Å²) in [7, 11) is 0. The monoisotopic (exact) mass is 293 g/mol. The molecular weight excluding hydrogens is 278 g/mol. The van der Waals surface area contributed by atoms with E-state index in [2.05, 4.69) is 17.0 Å². The van der Waals surface area contributed by atoms with Crippen LogP contribution in [-0.4, -0.2) is 25.8 Å². The molecule has 1 aromatic carbocycles. The summed E-state index contributed by atoms with van der Waals surface area (Å²) in [6, 6.07) is 12.9. The summed E-state index contributed by atoms with van der Waals surface area (Å²) in [4.78, 5) is 15.5. The molecular formula is C17H15N3O2. The van der Waals surface area contributed by atoms with Crippen LogP contribution in [0.1, 0.15) is 23.0 Å². The Labute approximate surface area is 127 Å². The molecule has 2 heterocycles. The predicted molar refractivity (Wildman–Crippen MR) is 83.1 cm³/mol. The number of rotatable bonds is 4. The molecule has 3 rings (SSSR count). The Hall–Kier alpha value is -2.95. The molecule has 22 heavy (non-hydrogen) atoms. The SMILES string of the molecule is CCc1ccc(-n2nc(-c3cccnc3)cc2C(=O)O)cc1. The third kappa shape index (κ3) is 2.61. The molecule has 3 aromatic rings. The number of aryl methyl sites for hydroxylation is 1. The normalized spacial score (nSPS) is 10.6. The largest absolute Gasteiger partial charge is 0.477 e. The summed E-state index contributed by atoms with van der Waals surface area (Å²) >= 11 is 0. The minimum atomic E-state index is -1.01. The van der Waals surface area contributed by atoms with E-state index in [9.17, 15) is 9.90 Å². The lowest BCUT2D eigenvalue weighted by Gasteiger charge is -2.05. The van der Waals surface area contributed by atoms with Gasteiger partial charge in [0.05, 0.1) is 11.4 Å². The van der Waals surface area contributed by atoms with Gasteiger partial charge in [-0.1, -0.05) is 19.1 Å². The molecule has 0 amide bonds. The van der Waals surface area contributed by atoms with Gasteiger partial charge in [0.15, 0.2) is 5.69 Å². The highest BCUT2D eigenvalue weighted by Crippen LogP contribution is 2.21. The van der Waals surface area contributed by atoms with Crippen LogP contribution in [0, 0.1) is 0 Å². The van der Waals surface area contributed by atoms with Crippen molar-refractivity contribution in [2.75, 3.05) is 0 Å². The summed E-state index contributed by atoms with van der Waals surface area (Å²) < 4.78 is 1.45. The number of carboxylic acids is 1. The van der Waals surface area contributed by atoms with E-state index in [-0.39, 0.29) is 5.69 Å². The van der Waals surface area contributed by atoms with E-state index in [1.807, 2.05) is 30.3 Å². The van der Waals surface area contributed by atoms with Gasteiger partial charge in [-0.25, -0.2) is 9.48 Å². The summed E-state index contributed by atoms with van der Waals surface area (Å²) in [5.41, 5.74) is 3.42. The quantitative estimate of drug-likeness (QED) is 0.802. The number of aromatic nitrogens is 3. The Morgan fingerprint density at radius 3 is 2.59 bits per heavy atom. The minimum Gasteiger partial charge on any atom is -0.477 e. The molecule has 0 fully saturated rings. The van der Waals surface area contributed by atoms with Gasteiger partial charge >= 0.3 is 5.97 Å². The first kappa shape index (κ1) is 14.0. The first-order valence-electron chi connectivity index (χ1n) is 7.02. The van der Waals surface area contributed by atoms with E-state index in [1.54, 1.807) is 24.5 Å². The van der Waals surface area contributed by atoms with Gasteiger partial charge in [0.25, 0.3) is 0 Å². The van der Waals surface area contributed by atoms with E-state index < -0.39 is 5.97 Å². The summed E-state index contributed by atoms with van der Waals surface area (Å²) in [5, 5.41) is 13.8. The third-order valence-corrected chi connectivity index (χ3v) is 3.47. The minimum absolute atomic E-state index is 0.128. The fourth-order valence-corrected chi connectivity index (χ4v) is 2.26. The lowest BCUT2D eigenvalue weighted by atomic mass is 10.1. The van der Waals surface area contributed by atoms with E-state index >= 15 is 0 Å². The van der Waals surface area contributed by atoms with Crippen LogP contribution in [0.2, 0.25) is 0 Å². The summed E-state index contributed by atoms with van der Waals surface area (Å²) in [6.07, 6.45) is 4.27. The Balaban J connectivity index is 2.09. The molecule has 0 radical (unpaired) electrons. The fourth-order valence-electron chi connectivity index (χ4n) is 2.26. The first-order chi connectivity index (χ1) is 10.7. The zero-order chi connectivity index (χ0) is 15.5. The van der Waals surface area contributed by atoms with Crippen LogP contribution in [0.5, 0.6) is 0 Å². The van der Waals surface area contributed by atoms with Gasteiger partial charge in [-0.2, -0.15) is 5.10 Å². The van der Waals surface area contributed by atoms with Crippen LogP contribution in [0.4, 0.5) is 0 Å². The Morgan fingerprint density at radius 1 is 1.23 bits per heavy atom. The molecule has 0 spiro atoms. The standard InChI is InChI=1S/C17H15N3O2/c1-2-12-5-7-14(8-6-12)20-16(17(21)22)10-15(19-20)13-4-3-9-18-11-13/h3-11H,2H2,1H3,(H,21,22). The van der Waals surface area contributed by atoms with Gasteiger partial charge in [-0.15, -0.1) is 0 Å². The Kier molecular flexibility index (Phi) is 3.70. The maximum absolute atomic E-state index is 11.5. The maximum Gasteiger partial charge on any atom is 0.354 e. The number of nitrogens with zero attached hydrogens (tertiary/aromatic N) is 3. The number of pyridine rings is 1. The zero-order valence-electron chi connectivity index (χ0n) is 12.1. The van der Waals surface area contributed by atoms with Crippen molar-refractivity contribution in [2.45, 2.75) is 13.3 Å². The lowest BCUT2D eigenvalue weighted by Crippen LogP contribution is -2.07. The first-order valence-corrected chi connectivity index (χ1v) is 7.02. The van der Waals surface area contributed by atoms with E-state index in [0.29, 0.717) is 5.69 Å². The van der Waals surface area contributed by atoms with Crippen molar-refractivity contribution in [1.29, 1.82) is 0 Å². The van der Waals surface area contributed by atoms with Crippen LogP contribution in [0.25, 0.3) is 16.9 Å². The van der Waals surface area contributed by atoms with Gasteiger partial charge in [0.1, 0.15) is 0 Å². The molecule has 0 aliphatic rings. The second-order valence-electron chi connectivity index (χ2n) is 4.89. The molecule has 2 aromatic heterocycles. The van der Waals surface area contributed by atoms with Crippen LogP contribution in [0.3, 0.4) is 0 Å². The van der Waals surface area contributed by atoms with Crippen molar-refractivity contribution in [2.24, 2.45) is 0 Å². The summed E-state index contributed by atoms with van der Waals surface area (Å²) in [6.45, 7) is 2.08. The second kappa shape index (κ2) is 5.81. The molecule has 0 unspecified atom stereocenters. The number of aromatic carboxylic acids is 1. The van der Waals surface area contributed by atoms with Gasteiger partial charge in [-0.05, 0) is 42.3 Å². The highest BCUT2D eigenvalue weighted by molar-refractivity contribution is 5.88. The van der Waals surface area contributed by atoms with Crippen molar-refractivity contribution in [3.63, 3.8) is 0 Å². The van der Waals surface area contributed by atoms with Crippen molar-refractivity contribution in [1.82, 2.24) is 14.8 Å². The van der Waals surface area contributed by atoms with Crippen LogP contribution in [0.15, 0.2) is 54.9 Å². The molecule has 0 atom stereocenters. The average molecular weight is 293 g/mol. The average Bonchev–Trinajstić information content (AvgIpc) is 3.01. The van der Waals surface area contributed by atoms with Crippen LogP contribution < -0.4 is 0 Å². The molecule has 5 nitrogen and oxygen atoms in total. The van der Waals surface area contributed by atoms with Gasteiger partial charge in [0, 0.05) is 18.0 Å². The Morgan fingerprint density at radius 2 is 2.00 bits per heavy atom. The number of hydrogen-bond donors (Lipinski definition) is 1. The van der Waals surface area contributed by atoms with E-state index in [0.717, 1.165) is 17.7 Å². The van der Waals surface area contributed by atoms with Gasteiger partial charge < -0.3 is 5.11 Å². The fraction of sp³-hybridized carbons (Fsp3) is 0.118. The van der Waals surface area contributed by atoms with E-state index in [4.69, 9.17) is 0 Å². The highest BCUT2D eigenvalue weighted by Gasteiger charge is 2.16. The number of carbonyl (C=O) groups is 1. The molecule has 5 heteroatoms. The van der Waals surface area contributed by atoms with E-state index in [1.165, 1.54) is 10.2 Å². The van der Waals surface area contributed by atoms with Crippen molar-refractivity contribution in [3.8, 4) is 16.9 Å². The highest BCUT2D eigenvalue weighted by atomic mass is 16.4. The molecule has 0 aliphatic heterocycles. The molecule has 110 valence electrons. The van der Waals surface area contributed by atoms with Crippen LogP contribution in [-0.2, 0) is 6.42 Å². The van der Waals surface area contributed by atoms with Crippen molar-refractivity contribution in [3.05, 3.63) is 66.1 Å². The molecule has 1 N–H and O–H groups in total. The number of benzene rings is 1. The number of carboxylic acid groups (broad SMARTS) is 1. The third-order valence-electron chi connectivity index (χ3n) is 3.47. The predicted octanol–water partition coefficient (Wildman–Crippen LogP) is 3.19. The number of hydrogen-bond acceptors (Lipinski definition) is 3. The van der Waals surface area contributed by atoms with Crippen molar-refractivity contribution >= 4 is 5.97 Å². The lowest BCUT2D eigenvalue weighted by molar-refractivity contribution is 0.0687. The second-order valence-corrected chi connectivity index (χ2v) is 4.89. The maximum atomic E-state index is 11.5. The summed E-state index contributed by atoms with van der Waals surface area (Å²) in [5.74, 6) is -1.01. The smallest absolute Gasteiger partial charge is 0.354 e. The van der Waals surface area contributed by atoms with Gasteiger partial charge in [-0.3, -0.25) is 4.98 Å². The zero-order valence-corrected chi connectivity index (χ0v) is 12.1. The molecule has 0 bridgehead atoms.